The van der Waals surface area contributed by atoms with Crippen LogP contribution in [-0.4, -0.2) is 15.7 Å². The molecule has 1 N–H and O–H groups in total. The number of hydrogen-bond donors (Lipinski definition) is 1. The van der Waals surface area contributed by atoms with E-state index in [1.807, 2.05) is 6.92 Å². The Labute approximate surface area is 197 Å². The standard InChI is InChI=1S/C24H16Cl2F3N3O/c1-14-6-11-17(25)12-19(14)30-23(33)16-9-7-15(8-10-16)21-13-22(24(27,28)29)31-32(21)20-5-3-2-4-18(20)26/h2-13H,1H3,(H,30,33). The first kappa shape index (κ1) is 22.9. The fourth-order valence-corrected chi connectivity index (χ4v) is 3.64. The van der Waals surface area contributed by atoms with Crippen molar-refractivity contribution in [3.63, 3.8) is 0 Å². The molecule has 3 aromatic carbocycles. The highest BCUT2D eigenvalue weighted by molar-refractivity contribution is 6.32. The van der Waals surface area contributed by atoms with E-state index >= 15 is 0 Å². The Kier molecular flexibility index (Phi) is 6.19. The number of aromatic nitrogens is 2. The Morgan fingerprint density at radius 1 is 0.970 bits per heavy atom. The molecule has 0 spiro atoms. The van der Waals surface area contributed by atoms with Gasteiger partial charge in [-0.05, 0) is 55.0 Å². The van der Waals surface area contributed by atoms with Crippen LogP contribution in [0.5, 0.6) is 0 Å². The van der Waals surface area contributed by atoms with Crippen LogP contribution >= 0.6 is 23.2 Å². The molecule has 0 aliphatic rings. The number of halogens is 5. The molecule has 1 aromatic heterocycles. The molecule has 4 nitrogen and oxygen atoms in total. The Morgan fingerprint density at radius 3 is 2.33 bits per heavy atom. The van der Waals surface area contributed by atoms with Crippen LogP contribution in [0.15, 0.2) is 72.8 Å². The second-order valence-electron chi connectivity index (χ2n) is 7.27. The summed E-state index contributed by atoms with van der Waals surface area (Å²) in [7, 11) is 0. The van der Waals surface area contributed by atoms with Gasteiger partial charge in [-0.25, -0.2) is 4.68 Å². The molecule has 0 bridgehead atoms. The van der Waals surface area contributed by atoms with Crippen LogP contribution in [0.1, 0.15) is 21.6 Å². The highest BCUT2D eigenvalue weighted by Gasteiger charge is 2.35. The zero-order valence-corrected chi connectivity index (χ0v) is 18.6. The van der Waals surface area contributed by atoms with Crippen LogP contribution in [-0.2, 0) is 6.18 Å². The first-order chi connectivity index (χ1) is 15.6. The number of nitrogens with zero attached hydrogens (tertiary/aromatic N) is 2. The predicted octanol–water partition coefficient (Wildman–Crippen LogP) is 7.43. The van der Waals surface area contributed by atoms with Crippen molar-refractivity contribution in [3.8, 4) is 16.9 Å². The van der Waals surface area contributed by atoms with E-state index in [2.05, 4.69) is 10.4 Å². The lowest BCUT2D eigenvalue weighted by Crippen LogP contribution is -2.12. The normalized spacial score (nSPS) is 11.5. The molecule has 1 heterocycles. The maximum absolute atomic E-state index is 13.4. The summed E-state index contributed by atoms with van der Waals surface area (Å²) >= 11 is 12.2. The van der Waals surface area contributed by atoms with Gasteiger partial charge in [0, 0.05) is 21.8 Å². The number of carbonyl (C=O) groups excluding carboxylic acids is 1. The van der Waals surface area contributed by atoms with Crippen LogP contribution in [0.3, 0.4) is 0 Å². The van der Waals surface area contributed by atoms with Crippen LogP contribution in [0.4, 0.5) is 18.9 Å². The lowest BCUT2D eigenvalue weighted by molar-refractivity contribution is -0.141. The third-order valence-corrected chi connectivity index (χ3v) is 5.53. The Hall–Kier alpha value is -3.29. The number of amides is 1. The van der Waals surface area contributed by atoms with E-state index in [0.717, 1.165) is 16.3 Å². The van der Waals surface area contributed by atoms with Gasteiger partial charge in [-0.15, -0.1) is 0 Å². The number of benzene rings is 3. The highest BCUT2D eigenvalue weighted by Crippen LogP contribution is 2.34. The summed E-state index contributed by atoms with van der Waals surface area (Å²) in [5.41, 5.74) is 1.63. The van der Waals surface area contributed by atoms with E-state index in [9.17, 15) is 18.0 Å². The van der Waals surface area contributed by atoms with Gasteiger partial charge in [0.25, 0.3) is 5.91 Å². The van der Waals surface area contributed by atoms with Gasteiger partial charge in [0.15, 0.2) is 5.69 Å². The molecule has 4 rings (SSSR count). The maximum atomic E-state index is 13.4. The molecule has 0 atom stereocenters. The SMILES string of the molecule is Cc1ccc(Cl)cc1NC(=O)c1ccc(-c2cc(C(F)(F)F)nn2-c2ccccc2Cl)cc1. The zero-order valence-electron chi connectivity index (χ0n) is 17.1. The molecule has 0 radical (unpaired) electrons. The third-order valence-electron chi connectivity index (χ3n) is 4.97. The quantitative estimate of drug-likeness (QED) is 0.324. The van der Waals surface area contributed by atoms with Gasteiger partial charge in [-0.2, -0.15) is 18.3 Å². The topological polar surface area (TPSA) is 46.9 Å². The van der Waals surface area contributed by atoms with E-state index in [-0.39, 0.29) is 16.6 Å². The minimum atomic E-state index is -4.63. The second-order valence-corrected chi connectivity index (χ2v) is 8.11. The molecule has 0 aliphatic heterocycles. The Morgan fingerprint density at radius 2 is 1.67 bits per heavy atom. The van der Waals surface area contributed by atoms with Crippen molar-refractivity contribution in [2.45, 2.75) is 13.1 Å². The summed E-state index contributed by atoms with van der Waals surface area (Å²) in [6.07, 6.45) is -4.63. The summed E-state index contributed by atoms with van der Waals surface area (Å²) in [6, 6.07) is 18.8. The van der Waals surface area contributed by atoms with Crippen LogP contribution in [0, 0.1) is 6.92 Å². The molecule has 33 heavy (non-hydrogen) atoms. The number of para-hydroxylation sites is 1. The summed E-state index contributed by atoms with van der Waals surface area (Å²) in [5, 5.41) is 7.26. The Balaban J connectivity index is 1.69. The van der Waals surface area contributed by atoms with Crippen molar-refractivity contribution in [2.24, 2.45) is 0 Å². The average molecular weight is 490 g/mol. The number of aryl methyl sites for hydroxylation is 1. The molecule has 4 aromatic rings. The fourth-order valence-electron chi connectivity index (χ4n) is 3.25. The number of anilines is 1. The van der Waals surface area contributed by atoms with E-state index in [1.165, 1.54) is 12.1 Å². The van der Waals surface area contributed by atoms with Crippen molar-refractivity contribution in [2.75, 3.05) is 5.32 Å². The first-order valence-electron chi connectivity index (χ1n) is 9.73. The van der Waals surface area contributed by atoms with Crippen molar-refractivity contribution in [1.82, 2.24) is 9.78 Å². The maximum Gasteiger partial charge on any atom is 0.435 e. The van der Waals surface area contributed by atoms with Gasteiger partial charge in [0.2, 0.25) is 0 Å². The van der Waals surface area contributed by atoms with Gasteiger partial charge < -0.3 is 5.32 Å². The molecule has 0 saturated heterocycles. The van der Waals surface area contributed by atoms with E-state index < -0.39 is 11.9 Å². The largest absolute Gasteiger partial charge is 0.435 e. The molecule has 9 heteroatoms. The first-order valence-corrected chi connectivity index (χ1v) is 10.5. The van der Waals surface area contributed by atoms with Crippen molar-refractivity contribution >= 4 is 34.8 Å². The van der Waals surface area contributed by atoms with Crippen LogP contribution in [0.2, 0.25) is 10.0 Å². The molecule has 1 amide bonds. The van der Waals surface area contributed by atoms with Gasteiger partial charge in [-0.1, -0.05) is 53.5 Å². The molecule has 0 aliphatic carbocycles. The zero-order chi connectivity index (χ0) is 23.8. The predicted molar refractivity (Wildman–Crippen MR) is 123 cm³/mol. The van der Waals surface area contributed by atoms with Gasteiger partial charge in [0.05, 0.1) is 16.4 Å². The average Bonchev–Trinajstić information content (AvgIpc) is 3.22. The summed E-state index contributed by atoms with van der Waals surface area (Å²) in [5.74, 6) is -0.373. The molecular weight excluding hydrogens is 474 g/mol. The summed E-state index contributed by atoms with van der Waals surface area (Å²) in [6.45, 7) is 1.84. The minimum Gasteiger partial charge on any atom is -0.322 e. The monoisotopic (exact) mass is 489 g/mol. The van der Waals surface area contributed by atoms with E-state index in [0.29, 0.717) is 27.5 Å². The number of nitrogens with one attached hydrogen (secondary N) is 1. The smallest absolute Gasteiger partial charge is 0.322 e. The van der Waals surface area contributed by atoms with E-state index in [4.69, 9.17) is 23.2 Å². The number of hydrogen-bond acceptors (Lipinski definition) is 2. The van der Waals surface area contributed by atoms with Crippen molar-refractivity contribution < 1.29 is 18.0 Å². The second kappa shape index (κ2) is 8.92. The summed E-state index contributed by atoms with van der Waals surface area (Å²) < 4.78 is 41.3. The number of alkyl halides is 3. The van der Waals surface area contributed by atoms with Gasteiger partial charge in [-0.3, -0.25) is 4.79 Å². The molecule has 0 unspecified atom stereocenters. The Bertz CT molecular complexity index is 1330. The van der Waals surface area contributed by atoms with E-state index in [1.54, 1.807) is 54.6 Å². The van der Waals surface area contributed by atoms with Gasteiger partial charge >= 0.3 is 6.18 Å². The fraction of sp³-hybridized carbons (Fsp3) is 0.0833. The van der Waals surface area contributed by atoms with Crippen molar-refractivity contribution in [1.29, 1.82) is 0 Å². The van der Waals surface area contributed by atoms with Crippen molar-refractivity contribution in [3.05, 3.63) is 99.7 Å². The van der Waals surface area contributed by atoms with Crippen LogP contribution in [0.25, 0.3) is 16.9 Å². The van der Waals surface area contributed by atoms with Crippen LogP contribution < -0.4 is 5.32 Å². The third kappa shape index (κ3) is 4.89. The van der Waals surface area contributed by atoms with Gasteiger partial charge in [0.1, 0.15) is 0 Å². The molecular formula is C24H16Cl2F3N3O. The minimum absolute atomic E-state index is 0.188. The summed E-state index contributed by atoms with van der Waals surface area (Å²) in [4.78, 5) is 12.7. The number of carbonyl (C=O) groups is 1. The lowest BCUT2D eigenvalue weighted by Gasteiger charge is -2.11. The number of rotatable bonds is 4. The molecule has 0 fully saturated rings. The molecule has 0 saturated carbocycles. The molecule has 168 valence electrons. The highest BCUT2D eigenvalue weighted by atomic mass is 35.5. The lowest BCUT2D eigenvalue weighted by atomic mass is 10.1.